The van der Waals surface area contributed by atoms with Crippen LogP contribution in [0.3, 0.4) is 0 Å². The van der Waals surface area contributed by atoms with E-state index in [1.807, 2.05) is 13.0 Å². The summed E-state index contributed by atoms with van der Waals surface area (Å²) in [5.41, 5.74) is 4.47. The molecule has 12 heavy (non-hydrogen) atoms. The fourth-order valence-electron chi connectivity index (χ4n) is 1.01. The lowest BCUT2D eigenvalue weighted by Crippen LogP contribution is -2.18. The van der Waals surface area contributed by atoms with E-state index in [4.69, 9.17) is 0 Å². The largest absolute Gasteiger partial charge is 0.452 e. The van der Waals surface area contributed by atoms with Crippen LogP contribution in [-0.2, 0) is 4.74 Å². The molecule has 1 aliphatic carbocycles. The minimum atomic E-state index is -0.527. The van der Waals surface area contributed by atoms with Gasteiger partial charge < -0.3 is 4.74 Å². The first kappa shape index (κ1) is 8.77. The van der Waals surface area contributed by atoms with Crippen molar-refractivity contribution in [1.82, 2.24) is 5.43 Å². The molecule has 0 aromatic rings. The Morgan fingerprint density at radius 3 is 2.92 bits per heavy atom. The third-order valence-electron chi connectivity index (χ3n) is 1.66. The summed E-state index contributed by atoms with van der Waals surface area (Å²) in [7, 11) is 1.31. The highest BCUT2D eigenvalue weighted by Gasteiger charge is 2.06. The van der Waals surface area contributed by atoms with Gasteiger partial charge in [0, 0.05) is 0 Å². The van der Waals surface area contributed by atoms with E-state index in [9.17, 15) is 4.79 Å². The molecule has 0 aromatic heterocycles. The number of rotatable bonds is 1. The summed E-state index contributed by atoms with van der Waals surface area (Å²) < 4.78 is 4.36. The molecule has 0 saturated carbocycles. The van der Waals surface area contributed by atoms with E-state index in [0.29, 0.717) is 0 Å². The molecule has 4 nitrogen and oxygen atoms in total. The first-order valence-corrected chi connectivity index (χ1v) is 3.80. The molecular weight excluding hydrogens is 156 g/mol. The second kappa shape index (κ2) is 3.90. The van der Waals surface area contributed by atoms with Crippen LogP contribution in [0.2, 0.25) is 0 Å². The van der Waals surface area contributed by atoms with Crippen molar-refractivity contribution in [3.05, 3.63) is 11.6 Å². The molecule has 0 atom stereocenters. The summed E-state index contributed by atoms with van der Waals surface area (Å²) in [6, 6.07) is 0. The van der Waals surface area contributed by atoms with Crippen LogP contribution in [0.25, 0.3) is 0 Å². The highest BCUT2D eigenvalue weighted by molar-refractivity contribution is 5.98. The number of ether oxygens (including phenoxy) is 1. The molecule has 1 rings (SSSR count). The van der Waals surface area contributed by atoms with Crippen molar-refractivity contribution in [2.24, 2.45) is 5.10 Å². The van der Waals surface area contributed by atoms with E-state index in [1.54, 1.807) is 0 Å². The number of amides is 1. The number of allylic oxidation sites excluding steroid dienone is 2. The van der Waals surface area contributed by atoms with E-state index in [1.165, 1.54) is 12.7 Å². The number of carbonyl (C=O) groups excluding carboxylic acids is 1. The van der Waals surface area contributed by atoms with Gasteiger partial charge in [-0.3, -0.25) is 0 Å². The van der Waals surface area contributed by atoms with Crippen molar-refractivity contribution in [2.75, 3.05) is 7.11 Å². The van der Waals surface area contributed by atoms with Gasteiger partial charge in [-0.05, 0) is 25.8 Å². The van der Waals surface area contributed by atoms with Crippen LogP contribution in [-0.4, -0.2) is 18.9 Å². The Balaban J connectivity index is 2.43. The quantitative estimate of drug-likeness (QED) is 0.602. The summed E-state index contributed by atoms with van der Waals surface area (Å²) in [6.07, 6.45) is 3.37. The van der Waals surface area contributed by atoms with Crippen LogP contribution in [0.1, 0.15) is 19.8 Å². The summed E-state index contributed by atoms with van der Waals surface area (Å²) >= 11 is 0. The highest BCUT2D eigenvalue weighted by Crippen LogP contribution is 2.13. The summed E-state index contributed by atoms with van der Waals surface area (Å²) in [6.45, 7) is 2.04. The maximum Gasteiger partial charge on any atom is 0.427 e. The van der Waals surface area contributed by atoms with Gasteiger partial charge in [-0.2, -0.15) is 5.10 Å². The van der Waals surface area contributed by atoms with Crippen LogP contribution in [0.15, 0.2) is 16.8 Å². The number of nitrogens with one attached hydrogen (secondary N) is 1. The van der Waals surface area contributed by atoms with Gasteiger partial charge in [0.25, 0.3) is 0 Å². The molecule has 0 aliphatic heterocycles. The Bertz CT molecular complexity index is 243. The molecule has 4 heteroatoms. The fraction of sp³-hybridized carbons (Fsp3) is 0.500. The normalized spacial score (nSPS) is 19.2. The minimum Gasteiger partial charge on any atom is -0.452 e. The number of nitrogens with zero attached hydrogens (tertiary/aromatic N) is 1. The zero-order valence-electron chi connectivity index (χ0n) is 7.26. The Morgan fingerprint density at radius 2 is 2.42 bits per heavy atom. The Morgan fingerprint density at radius 1 is 1.67 bits per heavy atom. The predicted molar refractivity (Wildman–Crippen MR) is 46.0 cm³/mol. The topological polar surface area (TPSA) is 50.7 Å². The van der Waals surface area contributed by atoms with Crippen LogP contribution in [0.5, 0.6) is 0 Å². The number of carbonyl (C=O) groups is 1. The Kier molecular flexibility index (Phi) is 2.85. The predicted octanol–water partition coefficient (Wildman–Crippen LogP) is 1.44. The monoisotopic (exact) mass is 168 g/mol. The second-order valence-electron chi connectivity index (χ2n) is 2.70. The molecule has 0 bridgehead atoms. The van der Waals surface area contributed by atoms with Crippen LogP contribution in [0.4, 0.5) is 4.79 Å². The molecule has 66 valence electrons. The SMILES string of the molecule is COC(=O)N/N=C1/C=C(C)CC1. The van der Waals surface area contributed by atoms with Crippen LogP contribution < -0.4 is 5.43 Å². The average Bonchev–Trinajstić information content (AvgIpc) is 2.47. The van der Waals surface area contributed by atoms with Gasteiger partial charge in [-0.25, -0.2) is 10.2 Å². The van der Waals surface area contributed by atoms with Crippen LogP contribution >= 0.6 is 0 Å². The zero-order valence-corrected chi connectivity index (χ0v) is 7.26. The molecule has 0 radical (unpaired) electrons. The molecular formula is C8H12N2O2. The third-order valence-corrected chi connectivity index (χ3v) is 1.66. The van der Waals surface area contributed by atoms with E-state index in [-0.39, 0.29) is 0 Å². The van der Waals surface area contributed by atoms with Gasteiger partial charge in [-0.1, -0.05) is 5.57 Å². The zero-order chi connectivity index (χ0) is 8.97. The molecule has 1 aliphatic rings. The van der Waals surface area contributed by atoms with Crippen molar-refractivity contribution in [3.8, 4) is 0 Å². The fourth-order valence-corrected chi connectivity index (χ4v) is 1.01. The Labute approximate surface area is 71.3 Å². The highest BCUT2D eigenvalue weighted by atomic mass is 16.5. The summed E-state index contributed by atoms with van der Waals surface area (Å²) in [4.78, 5) is 10.6. The van der Waals surface area contributed by atoms with Crippen molar-refractivity contribution < 1.29 is 9.53 Å². The number of hydrogen-bond acceptors (Lipinski definition) is 3. The van der Waals surface area contributed by atoms with E-state index in [2.05, 4.69) is 15.3 Å². The van der Waals surface area contributed by atoms with Crippen molar-refractivity contribution in [3.63, 3.8) is 0 Å². The van der Waals surface area contributed by atoms with Gasteiger partial charge in [0.2, 0.25) is 0 Å². The van der Waals surface area contributed by atoms with Crippen LogP contribution in [0, 0.1) is 0 Å². The van der Waals surface area contributed by atoms with Gasteiger partial charge in [0.05, 0.1) is 12.8 Å². The molecule has 0 heterocycles. The smallest absolute Gasteiger partial charge is 0.427 e. The van der Waals surface area contributed by atoms with Gasteiger partial charge in [0.1, 0.15) is 0 Å². The maximum absolute atomic E-state index is 10.6. The second-order valence-corrected chi connectivity index (χ2v) is 2.70. The first-order chi connectivity index (χ1) is 5.72. The van der Waals surface area contributed by atoms with Crippen molar-refractivity contribution in [2.45, 2.75) is 19.8 Å². The standard InChI is InChI=1S/C8H12N2O2/c1-6-3-4-7(5-6)9-10-8(11)12-2/h5H,3-4H2,1-2H3,(H,10,11)/b9-7+. The lowest BCUT2D eigenvalue weighted by atomic mass is 10.3. The maximum atomic E-state index is 10.6. The number of hydrogen-bond donors (Lipinski definition) is 1. The Hall–Kier alpha value is -1.32. The third kappa shape index (κ3) is 2.38. The van der Waals surface area contributed by atoms with Gasteiger partial charge >= 0.3 is 6.09 Å². The lowest BCUT2D eigenvalue weighted by molar-refractivity contribution is 0.171. The van der Waals surface area contributed by atoms with Crippen molar-refractivity contribution in [1.29, 1.82) is 0 Å². The van der Waals surface area contributed by atoms with E-state index < -0.39 is 6.09 Å². The van der Waals surface area contributed by atoms with Crippen molar-refractivity contribution >= 4 is 11.8 Å². The molecule has 0 aromatic carbocycles. The van der Waals surface area contributed by atoms with Gasteiger partial charge in [0.15, 0.2) is 0 Å². The molecule has 1 amide bonds. The number of methoxy groups -OCH3 is 1. The summed E-state index contributed by atoms with van der Waals surface area (Å²) in [5, 5.41) is 3.86. The van der Waals surface area contributed by atoms with E-state index in [0.717, 1.165) is 18.6 Å². The first-order valence-electron chi connectivity index (χ1n) is 3.80. The number of hydrazone groups is 1. The molecule has 0 saturated heterocycles. The average molecular weight is 168 g/mol. The van der Waals surface area contributed by atoms with Gasteiger partial charge in [-0.15, -0.1) is 0 Å². The molecule has 0 unspecified atom stereocenters. The lowest BCUT2D eigenvalue weighted by Gasteiger charge is -1.96. The minimum absolute atomic E-state index is 0.527. The molecule has 0 spiro atoms. The molecule has 0 fully saturated rings. The van der Waals surface area contributed by atoms with E-state index >= 15 is 0 Å². The summed E-state index contributed by atoms with van der Waals surface area (Å²) in [5.74, 6) is 0. The molecule has 1 N–H and O–H groups in total.